The number of hydrogen-bond acceptors (Lipinski definition) is 10. The van der Waals surface area contributed by atoms with Crippen molar-refractivity contribution in [2.24, 2.45) is 0 Å². The maximum Gasteiger partial charge on any atom is 0.335 e. The number of unbranched alkanes of at least 4 members (excludes halogenated alkanes) is 2. The summed E-state index contributed by atoms with van der Waals surface area (Å²) >= 11 is 0. The molecular formula is C16H30O14. The van der Waals surface area contributed by atoms with Crippen LogP contribution in [-0.2, 0) is 19.2 Å². The Balaban J connectivity index is -0.000000364. The Morgan fingerprint density at radius 1 is 0.600 bits per heavy atom. The van der Waals surface area contributed by atoms with E-state index < -0.39 is 48.3 Å². The Hall–Kier alpha value is -2.36. The number of aliphatic hydroxyl groups is 6. The third kappa shape index (κ3) is 17.7. The maximum absolute atomic E-state index is 9.77. The molecule has 0 amide bonds. The smallest absolute Gasteiger partial charge is 0.335 e. The van der Waals surface area contributed by atoms with Gasteiger partial charge in [0.05, 0.1) is 6.10 Å². The molecule has 0 aromatic heterocycles. The van der Waals surface area contributed by atoms with E-state index in [4.69, 9.17) is 51.1 Å². The van der Waals surface area contributed by atoms with Gasteiger partial charge >= 0.3 is 23.9 Å². The van der Waals surface area contributed by atoms with Crippen molar-refractivity contribution >= 4 is 23.9 Å². The summed E-state index contributed by atoms with van der Waals surface area (Å²) in [6, 6.07) is 0. The summed E-state index contributed by atoms with van der Waals surface area (Å²) in [4.78, 5) is 39.1. The standard InChI is InChI=1S/C8H18O2.2C4H6O6/c1-2-8(10)6-4-3-5-7-9;2*5-1(3(7)8)2(6)4(9)10/h8-10H,2-7H2,1H3;2*1-2,5-6H,(H,7,8)(H,9,10). The molecule has 0 rings (SSSR count). The average Bonchev–Trinajstić information content (AvgIpc) is 2.69. The fourth-order valence-electron chi connectivity index (χ4n) is 1.41. The summed E-state index contributed by atoms with van der Waals surface area (Å²) in [6.07, 6.45) is -4.52. The minimum atomic E-state index is -2.27. The van der Waals surface area contributed by atoms with Crippen LogP contribution in [0, 0.1) is 0 Å². The normalized spacial score (nSPS) is 15.0. The molecule has 0 heterocycles. The van der Waals surface area contributed by atoms with Gasteiger partial charge in [-0.3, -0.25) is 0 Å². The molecule has 0 spiro atoms. The molecule has 0 fully saturated rings. The van der Waals surface area contributed by atoms with E-state index in [1.54, 1.807) is 0 Å². The van der Waals surface area contributed by atoms with E-state index in [2.05, 4.69) is 0 Å². The molecule has 0 saturated heterocycles. The topological polar surface area (TPSA) is 271 Å². The molecule has 0 saturated carbocycles. The van der Waals surface area contributed by atoms with E-state index in [-0.39, 0.29) is 12.7 Å². The summed E-state index contributed by atoms with van der Waals surface area (Å²) in [5.41, 5.74) is 0. The van der Waals surface area contributed by atoms with Gasteiger partial charge in [0, 0.05) is 6.61 Å². The number of rotatable bonds is 12. The summed E-state index contributed by atoms with van der Waals surface area (Å²) in [5, 5.41) is 82.6. The molecule has 0 aliphatic rings. The van der Waals surface area contributed by atoms with Crippen LogP contribution in [0.25, 0.3) is 0 Å². The fraction of sp³-hybridized carbons (Fsp3) is 0.750. The summed E-state index contributed by atoms with van der Waals surface area (Å²) in [7, 11) is 0. The lowest BCUT2D eigenvalue weighted by Gasteiger charge is -2.07. The second-order valence-corrected chi connectivity index (χ2v) is 5.77. The van der Waals surface area contributed by atoms with E-state index in [1.165, 1.54) is 0 Å². The Labute approximate surface area is 171 Å². The van der Waals surface area contributed by atoms with Crippen molar-refractivity contribution in [3.63, 3.8) is 0 Å². The highest BCUT2D eigenvalue weighted by Gasteiger charge is 2.30. The van der Waals surface area contributed by atoms with Gasteiger partial charge in [-0.15, -0.1) is 0 Å². The third-order valence-corrected chi connectivity index (χ3v) is 3.28. The minimum Gasteiger partial charge on any atom is -0.479 e. The van der Waals surface area contributed by atoms with Crippen molar-refractivity contribution in [3.05, 3.63) is 0 Å². The molecule has 30 heavy (non-hydrogen) atoms. The monoisotopic (exact) mass is 446 g/mol. The molecule has 5 unspecified atom stereocenters. The van der Waals surface area contributed by atoms with E-state index >= 15 is 0 Å². The molecule has 14 nitrogen and oxygen atoms in total. The summed E-state index contributed by atoms with van der Waals surface area (Å²) < 4.78 is 0. The van der Waals surface area contributed by atoms with Crippen LogP contribution >= 0.6 is 0 Å². The van der Waals surface area contributed by atoms with Gasteiger partial charge in [0.1, 0.15) is 0 Å². The van der Waals surface area contributed by atoms with Crippen LogP contribution in [0.5, 0.6) is 0 Å². The van der Waals surface area contributed by atoms with E-state index in [0.717, 1.165) is 32.1 Å². The van der Waals surface area contributed by atoms with Crippen LogP contribution in [0.4, 0.5) is 0 Å². The fourth-order valence-corrected chi connectivity index (χ4v) is 1.41. The molecule has 0 radical (unpaired) electrons. The summed E-state index contributed by atoms with van der Waals surface area (Å²) in [6.45, 7) is 2.26. The predicted octanol–water partition coefficient (Wildman–Crippen LogP) is -2.94. The van der Waals surface area contributed by atoms with Gasteiger partial charge in [0.25, 0.3) is 0 Å². The Kier molecular flexibility index (Phi) is 20.1. The van der Waals surface area contributed by atoms with E-state index in [9.17, 15) is 19.2 Å². The molecule has 178 valence electrons. The van der Waals surface area contributed by atoms with Crippen molar-refractivity contribution in [2.45, 2.75) is 69.5 Å². The van der Waals surface area contributed by atoms with E-state index in [0.29, 0.717) is 0 Å². The molecule has 0 aliphatic heterocycles. The zero-order chi connectivity index (χ0) is 24.4. The lowest BCUT2D eigenvalue weighted by atomic mass is 10.1. The highest BCUT2D eigenvalue weighted by atomic mass is 16.4. The molecule has 0 aromatic carbocycles. The second-order valence-electron chi connectivity index (χ2n) is 5.77. The number of aliphatic hydroxyl groups excluding tert-OH is 6. The van der Waals surface area contributed by atoms with Crippen LogP contribution in [0.1, 0.15) is 39.0 Å². The molecule has 5 atom stereocenters. The first-order chi connectivity index (χ1) is 13.7. The number of carboxylic acids is 4. The highest BCUT2D eigenvalue weighted by molar-refractivity contribution is 5.83. The zero-order valence-electron chi connectivity index (χ0n) is 16.2. The number of aliphatic carboxylic acids is 4. The maximum atomic E-state index is 9.77. The third-order valence-electron chi connectivity index (χ3n) is 3.28. The zero-order valence-corrected chi connectivity index (χ0v) is 16.2. The molecule has 0 aliphatic carbocycles. The Bertz CT molecular complexity index is 436. The minimum absolute atomic E-state index is 0.126. The van der Waals surface area contributed by atoms with Gasteiger partial charge < -0.3 is 51.1 Å². The van der Waals surface area contributed by atoms with Crippen LogP contribution in [-0.4, -0.2) is 112 Å². The van der Waals surface area contributed by atoms with Gasteiger partial charge in [-0.05, 0) is 19.3 Å². The van der Waals surface area contributed by atoms with Crippen molar-refractivity contribution in [1.82, 2.24) is 0 Å². The summed E-state index contributed by atoms with van der Waals surface area (Å²) in [5.74, 6) is -7.07. The van der Waals surface area contributed by atoms with Gasteiger partial charge in [0.15, 0.2) is 24.4 Å². The SMILES string of the molecule is CCC(O)CCCCCO.O=C(O)C(O)C(O)C(=O)O.O=C(O)C(O)C(O)C(=O)O. The van der Waals surface area contributed by atoms with Crippen molar-refractivity contribution in [2.75, 3.05) is 6.61 Å². The first-order valence-electron chi connectivity index (χ1n) is 8.66. The highest BCUT2D eigenvalue weighted by Crippen LogP contribution is 2.05. The van der Waals surface area contributed by atoms with Gasteiger partial charge in [0.2, 0.25) is 0 Å². The molecule has 14 heteroatoms. The van der Waals surface area contributed by atoms with Crippen LogP contribution in [0.3, 0.4) is 0 Å². The molecular weight excluding hydrogens is 416 g/mol. The molecule has 10 N–H and O–H groups in total. The van der Waals surface area contributed by atoms with Gasteiger partial charge in [-0.25, -0.2) is 19.2 Å². The average molecular weight is 446 g/mol. The first kappa shape index (κ1) is 32.3. The first-order valence-corrected chi connectivity index (χ1v) is 8.66. The lowest BCUT2D eigenvalue weighted by Crippen LogP contribution is -2.39. The van der Waals surface area contributed by atoms with Crippen LogP contribution < -0.4 is 0 Å². The molecule has 0 aromatic rings. The molecule has 0 bridgehead atoms. The van der Waals surface area contributed by atoms with Crippen molar-refractivity contribution in [3.8, 4) is 0 Å². The van der Waals surface area contributed by atoms with Crippen LogP contribution in [0.15, 0.2) is 0 Å². The second kappa shape index (κ2) is 18.7. The van der Waals surface area contributed by atoms with Gasteiger partial charge in [-0.2, -0.15) is 0 Å². The van der Waals surface area contributed by atoms with Crippen molar-refractivity contribution in [1.29, 1.82) is 0 Å². The van der Waals surface area contributed by atoms with Crippen LogP contribution in [0.2, 0.25) is 0 Å². The Morgan fingerprint density at radius 2 is 0.900 bits per heavy atom. The van der Waals surface area contributed by atoms with E-state index in [1.807, 2.05) is 6.92 Å². The lowest BCUT2D eigenvalue weighted by molar-refractivity contribution is -0.165. The van der Waals surface area contributed by atoms with Gasteiger partial charge in [-0.1, -0.05) is 19.8 Å². The quantitative estimate of drug-likeness (QED) is 0.134. The number of carbonyl (C=O) groups is 4. The predicted molar refractivity (Wildman–Crippen MR) is 96.4 cm³/mol. The number of carboxylic acid groups (broad SMARTS) is 4. The van der Waals surface area contributed by atoms with Crippen molar-refractivity contribution < 1.29 is 70.2 Å². The Morgan fingerprint density at radius 3 is 1.10 bits per heavy atom. The number of hydrogen-bond donors (Lipinski definition) is 10. The largest absolute Gasteiger partial charge is 0.479 e.